The van der Waals surface area contributed by atoms with Gasteiger partial charge >= 0.3 is 6.18 Å². The second-order valence-electron chi connectivity index (χ2n) is 8.06. The Morgan fingerprint density at radius 1 is 0.839 bits per heavy atom. The number of rotatable bonds is 3. The van der Waals surface area contributed by atoms with Crippen LogP contribution in [0.1, 0.15) is 57.6 Å². The quantitative estimate of drug-likeness (QED) is 0.436. The summed E-state index contributed by atoms with van der Waals surface area (Å²) in [5.41, 5.74) is 3.19. The Kier molecular flexibility index (Phi) is 5.00. The van der Waals surface area contributed by atoms with E-state index in [9.17, 15) is 18.0 Å². The number of ether oxygens (including phenoxy) is 1. The molecule has 0 heterocycles. The molecule has 3 aromatic carbocycles. The Morgan fingerprint density at radius 3 is 2.06 bits per heavy atom. The predicted molar refractivity (Wildman–Crippen MR) is 115 cm³/mol. The number of benzene rings is 3. The van der Waals surface area contributed by atoms with Crippen LogP contribution in [0, 0.1) is 0 Å². The van der Waals surface area contributed by atoms with Crippen molar-refractivity contribution in [2.75, 3.05) is 7.11 Å². The highest BCUT2D eigenvalue weighted by Gasteiger charge is 2.39. The van der Waals surface area contributed by atoms with Crippen molar-refractivity contribution in [3.63, 3.8) is 0 Å². The van der Waals surface area contributed by atoms with Gasteiger partial charge in [-0.2, -0.15) is 13.2 Å². The van der Waals surface area contributed by atoms with Gasteiger partial charge in [-0.25, -0.2) is 0 Å². The first kappa shape index (κ1) is 20.9. The van der Waals surface area contributed by atoms with Crippen molar-refractivity contribution in [2.45, 2.75) is 25.4 Å². The summed E-state index contributed by atoms with van der Waals surface area (Å²) < 4.78 is 43.8. The molecule has 2 nitrogen and oxygen atoms in total. The third-order valence-electron chi connectivity index (χ3n) is 5.84. The van der Waals surface area contributed by atoms with Crippen LogP contribution in [0.5, 0.6) is 5.75 Å². The van der Waals surface area contributed by atoms with E-state index in [4.69, 9.17) is 4.74 Å². The highest BCUT2D eigenvalue weighted by Crippen LogP contribution is 2.45. The van der Waals surface area contributed by atoms with Crippen molar-refractivity contribution in [2.24, 2.45) is 0 Å². The van der Waals surface area contributed by atoms with Crippen LogP contribution in [0.4, 0.5) is 13.2 Å². The summed E-state index contributed by atoms with van der Waals surface area (Å²) in [7, 11) is 1.54. The Morgan fingerprint density at radius 2 is 1.45 bits per heavy atom. The lowest BCUT2D eigenvalue weighted by atomic mass is 9.67. The molecule has 0 radical (unpaired) electrons. The van der Waals surface area contributed by atoms with Crippen molar-refractivity contribution in [1.82, 2.24) is 0 Å². The third kappa shape index (κ3) is 3.54. The number of carbonyl (C=O) groups is 1. The van der Waals surface area contributed by atoms with Crippen molar-refractivity contribution in [3.05, 3.63) is 99.6 Å². The maximum absolute atomic E-state index is 13.5. The molecule has 0 spiro atoms. The lowest BCUT2D eigenvalue weighted by molar-refractivity contribution is -0.137. The van der Waals surface area contributed by atoms with Gasteiger partial charge in [0.05, 0.1) is 18.2 Å². The van der Waals surface area contributed by atoms with Gasteiger partial charge in [-0.15, -0.1) is 0 Å². The molecule has 0 amide bonds. The van der Waals surface area contributed by atoms with Gasteiger partial charge in [-0.3, -0.25) is 4.79 Å². The van der Waals surface area contributed by atoms with Crippen LogP contribution >= 0.6 is 0 Å². The Hall–Kier alpha value is -3.34. The summed E-state index contributed by atoms with van der Waals surface area (Å²) in [5.74, 6) is 0.414. The van der Waals surface area contributed by atoms with Crippen LogP contribution in [-0.2, 0) is 11.6 Å². The summed E-state index contributed by atoms with van der Waals surface area (Å²) >= 11 is 0. The molecule has 1 aliphatic carbocycles. The van der Waals surface area contributed by atoms with Gasteiger partial charge in [-0.1, -0.05) is 68.5 Å². The average Bonchev–Trinajstić information content (AvgIpc) is 2.75. The zero-order valence-corrected chi connectivity index (χ0v) is 17.4. The fourth-order valence-electron chi connectivity index (χ4n) is 4.18. The molecule has 158 valence electrons. The Balaban J connectivity index is 1.79. The summed E-state index contributed by atoms with van der Waals surface area (Å²) in [6.45, 7) is 4.14. The molecule has 0 aliphatic heterocycles. The highest BCUT2D eigenvalue weighted by atomic mass is 19.4. The number of methoxy groups -OCH3 is 1. The normalized spacial score (nSPS) is 15.0. The van der Waals surface area contributed by atoms with Crippen LogP contribution in [0.2, 0.25) is 0 Å². The first-order valence-corrected chi connectivity index (χ1v) is 9.85. The van der Waals surface area contributed by atoms with Gasteiger partial charge in [0.25, 0.3) is 0 Å². The van der Waals surface area contributed by atoms with Gasteiger partial charge in [0.2, 0.25) is 0 Å². The molecular weight excluding hydrogens is 401 g/mol. The van der Waals surface area contributed by atoms with E-state index in [1.807, 2.05) is 30.3 Å². The number of fused-ring (bicyclic) bond motifs is 2. The molecule has 5 heteroatoms. The summed E-state index contributed by atoms with van der Waals surface area (Å²) in [6, 6.07) is 16.2. The number of hydrogen-bond acceptors (Lipinski definition) is 2. The molecule has 0 atom stereocenters. The molecule has 4 rings (SSSR count). The molecule has 1 aliphatic rings. The zero-order chi connectivity index (χ0) is 22.4. The molecule has 0 bridgehead atoms. The first-order valence-electron chi connectivity index (χ1n) is 9.85. The highest BCUT2D eigenvalue weighted by molar-refractivity contribution is 6.16. The fourth-order valence-corrected chi connectivity index (χ4v) is 4.18. The molecular formula is C26H21F3O2. The monoisotopic (exact) mass is 422 g/mol. The summed E-state index contributed by atoms with van der Waals surface area (Å²) in [5, 5.41) is 0. The molecule has 0 unspecified atom stereocenters. The van der Waals surface area contributed by atoms with Crippen LogP contribution in [0.3, 0.4) is 0 Å². The van der Waals surface area contributed by atoms with E-state index in [-0.39, 0.29) is 5.78 Å². The molecule has 0 saturated heterocycles. The number of carbonyl (C=O) groups excluding carboxylic acids is 1. The molecule has 0 N–H and O–H groups in total. The average molecular weight is 422 g/mol. The molecule has 0 aromatic heterocycles. The van der Waals surface area contributed by atoms with Gasteiger partial charge in [0, 0.05) is 11.0 Å². The third-order valence-corrected chi connectivity index (χ3v) is 5.84. The van der Waals surface area contributed by atoms with Crippen LogP contribution in [0.15, 0.2) is 60.7 Å². The molecule has 0 saturated carbocycles. The van der Waals surface area contributed by atoms with Gasteiger partial charge < -0.3 is 4.74 Å². The van der Waals surface area contributed by atoms with Crippen LogP contribution in [-0.4, -0.2) is 12.9 Å². The SMILES string of the molecule is COc1cccc2c1C(=O)c1c(/C=C/c3ccc(C(F)(F)F)cc3)cccc1C2(C)C. The first-order chi connectivity index (χ1) is 14.6. The van der Waals surface area contributed by atoms with E-state index < -0.39 is 17.2 Å². The fraction of sp³-hybridized carbons (Fsp3) is 0.192. The van der Waals surface area contributed by atoms with Crippen LogP contribution in [0.25, 0.3) is 12.2 Å². The van der Waals surface area contributed by atoms with E-state index in [0.29, 0.717) is 28.0 Å². The van der Waals surface area contributed by atoms with E-state index in [1.54, 1.807) is 25.3 Å². The van der Waals surface area contributed by atoms with Gasteiger partial charge in [0.1, 0.15) is 5.75 Å². The van der Waals surface area contributed by atoms with E-state index in [2.05, 4.69) is 13.8 Å². The van der Waals surface area contributed by atoms with Crippen molar-refractivity contribution >= 4 is 17.9 Å². The van der Waals surface area contributed by atoms with E-state index in [0.717, 1.165) is 23.3 Å². The molecule has 3 aromatic rings. The number of alkyl halides is 3. The van der Waals surface area contributed by atoms with Crippen molar-refractivity contribution in [3.8, 4) is 5.75 Å². The van der Waals surface area contributed by atoms with Crippen LogP contribution < -0.4 is 4.74 Å². The van der Waals surface area contributed by atoms with Crippen molar-refractivity contribution < 1.29 is 22.7 Å². The lowest BCUT2D eigenvalue weighted by Gasteiger charge is -2.35. The predicted octanol–water partition coefficient (Wildman–Crippen LogP) is 6.75. The molecule has 31 heavy (non-hydrogen) atoms. The van der Waals surface area contributed by atoms with Crippen molar-refractivity contribution in [1.29, 1.82) is 0 Å². The summed E-state index contributed by atoms with van der Waals surface area (Å²) in [4.78, 5) is 13.5. The minimum atomic E-state index is -4.37. The second-order valence-corrected chi connectivity index (χ2v) is 8.06. The molecule has 0 fully saturated rings. The zero-order valence-electron chi connectivity index (χ0n) is 17.4. The number of ketones is 1. The minimum absolute atomic E-state index is 0.116. The maximum atomic E-state index is 13.5. The maximum Gasteiger partial charge on any atom is 0.416 e. The Labute approximate surface area is 179 Å². The summed E-state index contributed by atoms with van der Waals surface area (Å²) in [6.07, 6.45) is -0.880. The Bertz CT molecular complexity index is 1190. The largest absolute Gasteiger partial charge is 0.496 e. The van der Waals surface area contributed by atoms with E-state index >= 15 is 0 Å². The van der Waals surface area contributed by atoms with Gasteiger partial charge in [-0.05, 0) is 40.5 Å². The van der Waals surface area contributed by atoms with Gasteiger partial charge in [0.15, 0.2) is 5.78 Å². The standard InChI is InChI=1S/C26H21F3O2/c1-25(2)19-7-4-6-17(13-10-16-11-14-18(15-12-16)26(27,28)29)22(19)24(30)23-20(25)8-5-9-21(23)31-3/h4-15H,1-3H3/b13-10+. The lowest BCUT2D eigenvalue weighted by Crippen LogP contribution is -2.31. The second kappa shape index (κ2) is 7.41. The van der Waals surface area contributed by atoms with E-state index in [1.165, 1.54) is 12.1 Å². The topological polar surface area (TPSA) is 26.3 Å². The number of halogens is 3. The number of hydrogen-bond donors (Lipinski definition) is 0. The smallest absolute Gasteiger partial charge is 0.416 e. The minimum Gasteiger partial charge on any atom is -0.496 e.